The van der Waals surface area contributed by atoms with E-state index in [2.05, 4.69) is 28.6 Å². The van der Waals surface area contributed by atoms with Crippen molar-refractivity contribution >= 4 is 22.0 Å². The van der Waals surface area contributed by atoms with Gasteiger partial charge in [-0.3, -0.25) is 10.2 Å². The molecule has 9 heteroatoms. The number of sulfonamides is 1. The summed E-state index contributed by atoms with van der Waals surface area (Å²) >= 11 is 0. The van der Waals surface area contributed by atoms with Gasteiger partial charge in [0.1, 0.15) is 6.04 Å². The highest BCUT2D eigenvalue weighted by molar-refractivity contribution is 7.90. The second-order valence-corrected chi connectivity index (χ2v) is 10.8. The zero-order chi connectivity index (χ0) is 23.6. The number of hydrogen-bond acceptors (Lipinski definition) is 6. The molecule has 0 aliphatic heterocycles. The van der Waals surface area contributed by atoms with Crippen LogP contribution in [-0.4, -0.2) is 40.0 Å². The minimum atomic E-state index is -3.92. The summed E-state index contributed by atoms with van der Waals surface area (Å²) in [6.45, 7) is 10.4. The molecule has 0 fully saturated rings. The van der Waals surface area contributed by atoms with E-state index >= 15 is 0 Å². The van der Waals surface area contributed by atoms with Gasteiger partial charge in [-0.05, 0) is 86.1 Å². The predicted octanol–water partition coefficient (Wildman–Crippen LogP) is 2.21. The number of esters is 1. The van der Waals surface area contributed by atoms with Gasteiger partial charge in [0, 0.05) is 6.54 Å². The van der Waals surface area contributed by atoms with Crippen LogP contribution in [0, 0.1) is 31.6 Å². The van der Waals surface area contributed by atoms with Crippen molar-refractivity contribution in [1.29, 1.82) is 5.41 Å². The molecule has 0 aromatic heterocycles. The van der Waals surface area contributed by atoms with Crippen molar-refractivity contribution in [3.63, 3.8) is 0 Å². The molecule has 0 saturated heterocycles. The monoisotopic (exact) mass is 452 g/mol. The summed E-state index contributed by atoms with van der Waals surface area (Å²) in [6, 6.07) is -0.731. The molecule has 1 aliphatic rings. The van der Waals surface area contributed by atoms with Gasteiger partial charge < -0.3 is 15.8 Å². The van der Waals surface area contributed by atoms with Crippen LogP contribution in [-0.2, 0) is 32.4 Å². The highest BCUT2D eigenvalue weighted by Gasteiger charge is 2.32. The molecule has 1 aromatic carbocycles. The van der Waals surface area contributed by atoms with Crippen LogP contribution in [0.15, 0.2) is 4.90 Å². The molecular weight excluding hydrogens is 416 g/mol. The largest absolute Gasteiger partial charge is 0.468 e. The van der Waals surface area contributed by atoms with Gasteiger partial charge in [0.05, 0.1) is 12.0 Å². The number of carbonyl (C=O) groups is 1. The molecule has 2 rings (SSSR count). The number of rotatable bonds is 7. The Bertz CT molecular complexity index is 970. The molecule has 5 N–H and O–H groups in total. The van der Waals surface area contributed by atoms with Crippen LogP contribution in [0.5, 0.6) is 0 Å². The summed E-state index contributed by atoms with van der Waals surface area (Å²) in [5, 5.41) is 10.8. The summed E-state index contributed by atoms with van der Waals surface area (Å²) < 4.78 is 33.3. The third kappa shape index (κ3) is 5.77. The second-order valence-electron chi connectivity index (χ2n) is 9.18. The molecule has 1 aromatic rings. The van der Waals surface area contributed by atoms with Crippen molar-refractivity contribution in [2.75, 3.05) is 13.7 Å². The Morgan fingerprint density at radius 1 is 1.19 bits per heavy atom. The Morgan fingerprint density at radius 3 is 2.45 bits per heavy atom. The van der Waals surface area contributed by atoms with Crippen LogP contribution in [0.4, 0.5) is 0 Å². The normalized spacial score (nSPS) is 16.2. The van der Waals surface area contributed by atoms with Crippen LogP contribution >= 0.6 is 0 Å². The molecule has 0 heterocycles. The first kappa shape index (κ1) is 25.1. The quantitative estimate of drug-likeness (QED) is 0.217. The molecular formula is C22H36N4O4S. The number of nitrogens with two attached hydrogens (primary N) is 1. The Hall–Kier alpha value is -2.13. The van der Waals surface area contributed by atoms with Crippen molar-refractivity contribution in [2.24, 2.45) is 11.1 Å². The lowest BCUT2D eigenvalue weighted by Crippen LogP contribution is -2.41. The first-order valence-electron chi connectivity index (χ1n) is 10.6. The molecule has 174 valence electrons. The molecule has 0 saturated carbocycles. The van der Waals surface area contributed by atoms with E-state index in [0.29, 0.717) is 19.4 Å². The van der Waals surface area contributed by atoms with E-state index in [-0.39, 0.29) is 16.3 Å². The number of ether oxygens (including phenoxy) is 1. The molecule has 31 heavy (non-hydrogen) atoms. The fraction of sp³-hybridized carbons (Fsp3) is 0.636. The second kappa shape index (κ2) is 9.56. The summed E-state index contributed by atoms with van der Waals surface area (Å²) in [4.78, 5) is 11.6. The van der Waals surface area contributed by atoms with Gasteiger partial charge in [-0.25, -0.2) is 13.1 Å². The lowest BCUT2D eigenvalue weighted by Gasteiger charge is -2.35. The molecule has 0 bridgehead atoms. The smallest absolute Gasteiger partial charge is 0.322 e. The van der Waals surface area contributed by atoms with Gasteiger partial charge in [0.2, 0.25) is 5.96 Å². The van der Waals surface area contributed by atoms with Crippen molar-refractivity contribution < 1.29 is 17.9 Å². The van der Waals surface area contributed by atoms with Crippen LogP contribution in [0.25, 0.3) is 0 Å². The van der Waals surface area contributed by atoms with Crippen LogP contribution in [0.2, 0.25) is 0 Å². The molecule has 1 aliphatic carbocycles. The average molecular weight is 453 g/mol. The summed E-state index contributed by atoms with van der Waals surface area (Å²) in [5.41, 5.74) is 10.7. The first-order chi connectivity index (χ1) is 14.3. The Balaban J connectivity index is 2.14. The van der Waals surface area contributed by atoms with Crippen molar-refractivity contribution in [2.45, 2.75) is 77.7 Å². The van der Waals surface area contributed by atoms with E-state index in [4.69, 9.17) is 11.1 Å². The Morgan fingerprint density at radius 2 is 1.84 bits per heavy atom. The minimum Gasteiger partial charge on any atom is -0.468 e. The zero-order valence-corrected chi connectivity index (χ0v) is 20.3. The summed E-state index contributed by atoms with van der Waals surface area (Å²) in [7, 11) is -2.64. The maximum atomic E-state index is 13.2. The third-order valence-corrected chi connectivity index (χ3v) is 7.85. The molecule has 1 atom stereocenters. The van der Waals surface area contributed by atoms with Gasteiger partial charge in [-0.2, -0.15) is 0 Å². The predicted molar refractivity (Wildman–Crippen MR) is 122 cm³/mol. The number of carbonyl (C=O) groups excluding carboxylic acids is 1. The lowest BCUT2D eigenvalue weighted by atomic mass is 9.71. The van der Waals surface area contributed by atoms with Gasteiger partial charge >= 0.3 is 5.97 Å². The van der Waals surface area contributed by atoms with E-state index in [1.165, 1.54) is 12.7 Å². The standard InChI is InChI=1S/C22H36N4O4S/c1-13-14(2)19(15(3)17-12-22(4,5)10-9-16(13)17)31(28,29)26-21(24)25-11-7-8-18(23)20(27)30-6/h18H,7-12,23H2,1-6H3,(H3,24,25,26). The average Bonchev–Trinajstić information content (AvgIpc) is 2.67. The number of guanidine groups is 1. The van der Waals surface area contributed by atoms with E-state index in [1.807, 2.05) is 20.8 Å². The molecule has 0 spiro atoms. The van der Waals surface area contributed by atoms with Crippen LogP contribution in [0.1, 0.15) is 60.9 Å². The Kier molecular flexibility index (Phi) is 7.75. The van der Waals surface area contributed by atoms with Crippen LogP contribution < -0.4 is 15.8 Å². The number of hydrogen-bond donors (Lipinski definition) is 4. The van der Waals surface area contributed by atoms with E-state index in [0.717, 1.165) is 41.5 Å². The maximum absolute atomic E-state index is 13.2. The highest BCUT2D eigenvalue weighted by Crippen LogP contribution is 2.41. The van der Waals surface area contributed by atoms with Crippen molar-refractivity contribution in [3.8, 4) is 0 Å². The lowest BCUT2D eigenvalue weighted by molar-refractivity contribution is -0.142. The van der Waals surface area contributed by atoms with Crippen LogP contribution in [0.3, 0.4) is 0 Å². The highest BCUT2D eigenvalue weighted by atomic mass is 32.2. The van der Waals surface area contributed by atoms with Gasteiger partial charge in [0.25, 0.3) is 10.0 Å². The minimum absolute atomic E-state index is 0.132. The van der Waals surface area contributed by atoms with Crippen molar-refractivity contribution in [1.82, 2.24) is 10.0 Å². The fourth-order valence-electron chi connectivity index (χ4n) is 4.30. The topological polar surface area (TPSA) is 134 Å². The van der Waals surface area contributed by atoms with E-state index in [9.17, 15) is 13.2 Å². The third-order valence-electron chi connectivity index (χ3n) is 6.22. The number of methoxy groups -OCH3 is 1. The summed E-state index contributed by atoms with van der Waals surface area (Å²) in [6.07, 6.45) is 3.74. The number of benzene rings is 1. The van der Waals surface area contributed by atoms with Gasteiger partial charge in [-0.15, -0.1) is 0 Å². The SMILES string of the molecule is COC(=O)C(N)CCCNC(=N)NS(=O)(=O)c1c(C)c(C)c2c(c1C)CC(C)(C)CC2. The zero-order valence-electron chi connectivity index (χ0n) is 19.4. The Labute approximate surface area is 185 Å². The van der Waals surface area contributed by atoms with Gasteiger partial charge in [0.15, 0.2) is 0 Å². The van der Waals surface area contributed by atoms with Crippen molar-refractivity contribution in [3.05, 3.63) is 27.8 Å². The number of nitrogens with one attached hydrogen (secondary N) is 3. The maximum Gasteiger partial charge on any atom is 0.322 e. The fourth-order valence-corrected chi connectivity index (χ4v) is 5.83. The van der Waals surface area contributed by atoms with E-state index in [1.54, 1.807) is 0 Å². The molecule has 0 amide bonds. The molecule has 8 nitrogen and oxygen atoms in total. The molecule has 0 radical (unpaired) electrons. The number of fused-ring (bicyclic) bond motifs is 1. The summed E-state index contributed by atoms with van der Waals surface area (Å²) in [5.74, 6) is -0.797. The molecule has 1 unspecified atom stereocenters. The van der Waals surface area contributed by atoms with Gasteiger partial charge in [-0.1, -0.05) is 13.8 Å². The van der Waals surface area contributed by atoms with E-state index < -0.39 is 22.0 Å². The first-order valence-corrected chi connectivity index (χ1v) is 12.1.